The normalized spacial score (nSPS) is 10.3. The number of hydrogen-bond donors (Lipinski definition) is 0. The first kappa shape index (κ1) is 20.2. The van der Waals surface area contributed by atoms with E-state index in [-0.39, 0.29) is 17.2 Å². The summed E-state index contributed by atoms with van der Waals surface area (Å²) in [6.07, 6.45) is 0. The zero-order valence-corrected chi connectivity index (χ0v) is 15.9. The van der Waals surface area contributed by atoms with Gasteiger partial charge in [-0.25, -0.2) is 9.18 Å². The van der Waals surface area contributed by atoms with Crippen LogP contribution in [0.4, 0.5) is 10.1 Å². The van der Waals surface area contributed by atoms with Crippen LogP contribution in [0.3, 0.4) is 0 Å². The van der Waals surface area contributed by atoms with Gasteiger partial charge in [-0.15, -0.1) is 0 Å². The molecule has 0 radical (unpaired) electrons. The van der Waals surface area contributed by atoms with Crippen LogP contribution in [0, 0.1) is 5.82 Å². The zero-order valence-electron chi connectivity index (χ0n) is 15.9. The SMILES string of the molecule is COc1ccc(C(=O)OCC(=O)N(C)Cc2ccc(N(C)C)cc2)cc1F. The van der Waals surface area contributed by atoms with Gasteiger partial charge in [0.25, 0.3) is 5.91 Å². The van der Waals surface area contributed by atoms with E-state index in [9.17, 15) is 14.0 Å². The maximum Gasteiger partial charge on any atom is 0.338 e. The van der Waals surface area contributed by atoms with E-state index in [4.69, 9.17) is 9.47 Å². The zero-order chi connectivity index (χ0) is 20.0. The van der Waals surface area contributed by atoms with Crippen molar-refractivity contribution in [1.82, 2.24) is 4.90 Å². The molecule has 0 unspecified atom stereocenters. The van der Waals surface area contributed by atoms with Crippen molar-refractivity contribution in [3.63, 3.8) is 0 Å². The number of nitrogens with zero attached hydrogens (tertiary/aromatic N) is 2. The van der Waals surface area contributed by atoms with Crippen molar-refractivity contribution in [3.8, 4) is 5.75 Å². The summed E-state index contributed by atoms with van der Waals surface area (Å²) in [5, 5.41) is 0. The van der Waals surface area contributed by atoms with Crippen LogP contribution >= 0.6 is 0 Å². The molecule has 0 N–H and O–H groups in total. The summed E-state index contributed by atoms with van der Waals surface area (Å²) in [6.45, 7) is -0.0278. The first-order chi connectivity index (χ1) is 12.8. The molecule has 2 aromatic rings. The number of amides is 1. The molecular weight excluding hydrogens is 351 g/mol. The molecule has 0 bridgehead atoms. The van der Waals surface area contributed by atoms with Crippen LogP contribution in [0.5, 0.6) is 5.75 Å². The Hall–Kier alpha value is -3.09. The summed E-state index contributed by atoms with van der Waals surface area (Å²) >= 11 is 0. The summed E-state index contributed by atoms with van der Waals surface area (Å²) in [5.41, 5.74) is 2.04. The van der Waals surface area contributed by atoms with Crippen LogP contribution in [-0.2, 0) is 16.1 Å². The van der Waals surface area contributed by atoms with Crippen LogP contribution in [0.2, 0.25) is 0 Å². The number of ether oxygens (including phenoxy) is 2. The second kappa shape index (κ2) is 9.02. The van der Waals surface area contributed by atoms with Gasteiger partial charge in [0.05, 0.1) is 12.7 Å². The quantitative estimate of drug-likeness (QED) is 0.698. The first-order valence-corrected chi connectivity index (χ1v) is 8.32. The molecule has 6 nitrogen and oxygen atoms in total. The Kier molecular flexibility index (Phi) is 6.76. The number of hydrogen-bond acceptors (Lipinski definition) is 5. The number of benzene rings is 2. The van der Waals surface area contributed by atoms with Crippen molar-refractivity contribution in [2.75, 3.05) is 39.8 Å². The lowest BCUT2D eigenvalue weighted by Crippen LogP contribution is -2.30. The number of likely N-dealkylation sites (N-methyl/N-ethyl adjacent to an activating group) is 1. The average molecular weight is 374 g/mol. The Labute approximate surface area is 158 Å². The summed E-state index contributed by atoms with van der Waals surface area (Å²) < 4.78 is 23.4. The van der Waals surface area contributed by atoms with E-state index in [0.29, 0.717) is 6.54 Å². The number of anilines is 1. The molecule has 27 heavy (non-hydrogen) atoms. The summed E-state index contributed by atoms with van der Waals surface area (Å²) in [5.74, 6) is -1.76. The molecule has 2 rings (SSSR count). The Morgan fingerprint density at radius 3 is 2.26 bits per heavy atom. The molecule has 0 atom stereocenters. The molecule has 7 heteroatoms. The molecule has 0 heterocycles. The molecule has 0 fully saturated rings. The summed E-state index contributed by atoms with van der Waals surface area (Å²) in [6, 6.07) is 11.5. The van der Waals surface area contributed by atoms with Gasteiger partial charge in [0, 0.05) is 33.4 Å². The van der Waals surface area contributed by atoms with Crippen LogP contribution in [0.15, 0.2) is 42.5 Å². The van der Waals surface area contributed by atoms with Crippen molar-refractivity contribution >= 4 is 17.6 Å². The number of halogens is 1. The smallest absolute Gasteiger partial charge is 0.338 e. The standard InChI is InChI=1S/C20H23FN2O4/c1-22(2)16-8-5-14(6-9-16)12-23(3)19(24)13-27-20(25)15-7-10-18(26-4)17(21)11-15/h5-11H,12-13H2,1-4H3. The van der Waals surface area contributed by atoms with Gasteiger partial charge < -0.3 is 19.3 Å². The van der Waals surface area contributed by atoms with Crippen LogP contribution < -0.4 is 9.64 Å². The van der Waals surface area contributed by atoms with Crippen molar-refractivity contribution in [2.24, 2.45) is 0 Å². The third-order valence-corrected chi connectivity index (χ3v) is 4.01. The predicted octanol–water partition coefficient (Wildman–Crippen LogP) is 2.72. The van der Waals surface area contributed by atoms with Crippen LogP contribution in [0.1, 0.15) is 15.9 Å². The van der Waals surface area contributed by atoms with Gasteiger partial charge in [0.2, 0.25) is 0 Å². The maximum absolute atomic E-state index is 13.6. The van der Waals surface area contributed by atoms with Gasteiger partial charge in [-0.3, -0.25) is 4.79 Å². The van der Waals surface area contributed by atoms with E-state index in [2.05, 4.69) is 0 Å². The highest BCUT2D eigenvalue weighted by Gasteiger charge is 2.15. The van der Waals surface area contributed by atoms with Crippen molar-refractivity contribution < 1.29 is 23.5 Å². The van der Waals surface area contributed by atoms with E-state index in [1.165, 1.54) is 24.1 Å². The third kappa shape index (κ3) is 5.44. The molecule has 2 aromatic carbocycles. The second-order valence-electron chi connectivity index (χ2n) is 6.24. The Bertz CT molecular complexity index is 806. The molecule has 0 saturated carbocycles. The van der Waals surface area contributed by atoms with Gasteiger partial charge >= 0.3 is 5.97 Å². The number of esters is 1. The molecule has 0 aliphatic heterocycles. The van der Waals surface area contributed by atoms with Gasteiger partial charge in [0.15, 0.2) is 18.2 Å². The van der Waals surface area contributed by atoms with Crippen molar-refractivity contribution in [2.45, 2.75) is 6.54 Å². The highest BCUT2D eigenvalue weighted by atomic mass is 19.1. The van der Waals surface area contributed by atoms with Gasteiger partial charge in [-0.1, -0.05) is 12.1 Å². The van der Waals surface area contributed by atoms with E-state index in [1.54, 1.807) is 7.05 Å². The Morgan fingerprint density at radius 1 is 1.04 bits per heavy atom. The molecule has 0 saturated heterocycles. The predicted molar refractivity (Wildman–Crippen MR) is 100 cm³/mol. The summed E-state index contributed by atoms with van der Waals surface area (Å²) in [7, 11) is 6.86. The lowest BCUT2D eigenvalue weighted by atomic mass is 10.2. The third-order valence-electron chi connectivity index (χ3n) is 4.01. The lowest BCUT2D eigenvalue weighted by Gasteiger charge is -2.18. The van der Waals surface area contributed by atoms with Gasteiger partial charge in [-0.05, 0) is 35.9 Å². The molecule has 0 aliphatic rings. The molecule has 1 amide bonds. The first-order valence-electron chi connectivity index (χ1n) is 8.32. The molecule has 144 valence electrons. The highest BCUT2D eigenvalue weighted by Crippen LogP contribution is 2.18. The van der Waals surface area contributed by atoms with Crippen molar-refractivity contribution in [1.29, 1.82) is 0 Å². The average Bonchev–Trinajstić information content (AvgIpc) is 2.66. The van der Waals surface area contributed by atoms with Crippen LogP contribution in [-0.4, -0.2) is 51.6 Å². The lowest BCUT2D eigenvalue weighted by molar-refractivity contribution is -0.133. The molecule has 0 spiro atoms. The number of rotatable bonds is 7. The largest absolute Gasteiger partial charge is 0.494 e. The van der Waals surface area contributed by atoms with E-state index in [0.717, 1.165) is 17.3 Å². The Balaban J connectivity index is 1.88. The van der Waals surface area contributed by atoms with Gasteiger partial charge in [-0.2, -0.15) is 0 Å². The minimum atomic E-state index is -0.770. The molecule has 0 aliphatic carbocycles. The van der Waals surface area contributed by atoms with Crippen molar-refractivity contribution in [3.05, 3.63) is 59.4 Å². The fraction of sp³-hybridized carbons (Fsp3) is 0.300. The second-order valence-corrected chi connectivity index (χ2v) is 6.24. The fourth-order valence-corrected chi connectivity index (χ4v) is 2.38. The number of methoxy groups -OCH3 is 1. The topological polar surface area (TPSA) is 59.1 Å². The minimum absolute atomic E-state index is 0.0167. The monoisotopic (exact) mass is 374 g/mol. The fourth-order valence-electron chi connectivity index (χ4n) is 2.38. The van der Waals surface area contributed by atoms with E-state index >= 15 is 0 Å². The van der Waals surface area contributed by atoms with E-state index < -0.39 is 18.4 Å². The Morgan fingerprint density at radius 2 is 1.70 bits per heavy atom. The highest BCUT2D eigenvalue weighted by molar-refractivity contribution is 5.91. The summed E-state index contributed by atoms with van der Waals surface area (Å²) in [4.78, 5) is 27.6. The number of carbonyl (C=O) groups excluding carboxylic acids is 2. The van der Waals surface area contributed by atoms with Gasteiger partial charge in [0.1, 0.15) is 0 Å². The maximum atomic E-state index is 13.6. The van der Waals surface area contributed by atoms with Crippen LogP contribution in [0.25, 0.3) is 0 Å². The number of carbonyl (C=O) groups is 2. The van der Waals surface area contributed by atoms with E-state index in [1.807, 2.05) is 43.3 Å². The molecule has 0 aromatic heterocycles. The molecular formula is C20H23FN2O4. The minimum Gasteiger partial charge on any atom is -0.494 e.